The molecule has 1 aliphatic carbocycles. The Bertz CT molecular complexity index is 498. The lowest BCUT2D eigenvalue weighted by Gasteiger charge is -2.37. The highest BCUT2D eigenvalue weighted by molar-refractivity contribution is 5.77. The Kier molecular flexibility index (Phi) is 8.42. The number of ether oxygens (including phenoxy) is 1. The van der Waals surface area contributed by atoms with Gasteiger partial charge >= 0.3 is 0 Å². The molecule has 1 saturated carbocycles. The second kappa shape index (κ2) is 10.6. The van der Waals surface area contributed by atoms with Crippen LogP contribution in [0.1, 0.15) is 56.9 Å². The van der Waals surface area contributed by atoms with Gasteiger partial charge in [0.2, 0.25) is 5.91 Å². The van der Waals surface area contributed by atoms with Gasteiger partial charge in [-0.2, -0.15) is 0 Å². The number of methoxy groups -OCH3 is 1. The van der Waals surface area contributed by atoms with Gasteiger partial charge in [0, 0.05) is 33.2 Å². The van der Waals surface area contributed by atoms with Gasteiger partial charge in [-0.15, -0.1) is 0 Å². The summed E-state index contributed by atoms with van der Waals surface area (Å²) >= 11 is 0. The third-order valence-corrected chi connectivity index (χ3v) is 5.47. The summed E-state index contributed by atoms with van der Waals surface area (Å²) in [4.78, 5) is 15.1. The van der Waals surface area contributed by atoms with E-state index < -0.39 is 0 Å². The topological polar surface area (TPSA) is 55.6 Å². The largest absolute Gasteiger partial charge is 0.385 e. The first-order valence-corrected chi connectivity index (χ1v) is 9.70. The van der Waals surface area contributed by atoms with Gasteiger partial charge in [0.05, 0.1) is 0 Å². The molecule has 4 nitrogen and oxygen atoms in total. The zero-order chi connectivity index (χ0) is 18.0. The SMILES string of the molecule is COCCCCN(Cc1ccccc1)C(=O)CC1(CN)CCCCC1. The quantitative estimate of drug-likeness (QED) is 0.657. The maximum Gasteiger partial charge on any atom is 0.223 e. The molecule has 0 aromatic heterocycles. The zero-order valence-corrected chi connectivity index (χ0v) is 15.7. The van der Waals surface area contributed by atoms with E-state index in [-0.39, 0.29) is 11.3 Å². The summed E-state index contributed by atoms with van der Waals surface area (Å²) in [7, 11) is 1.72. The first-order chi connectivity index (χ1) is 12.2. The third kappa shape index (κ3) is 6.44. The number of hydrogen-bond donors (Lipinski definition) is 1. The summed E-state index contributed by atoms with van der Waals surface area (Å²) < 4.78 is 5.14. The van der Waals surface area contributed by atoms with Crippen molar-refractivity contribution in [1.82, 2.24) is 4.90 Å². The molecule has 0 spiro atoms. The monoisotopic (exact) mass is 346 g/mol. The third-order valence-electron chi connectivity index (χ3n) is 5.47. The molecule has 0 radical (unpaired) electrons. The van der Waals surface area contributed by atoms with Crippen molar-refractivity contribution in [3.8, 4) is 0 Å². The second-order valence-electron chi connectivity index (χ2n) is 7.44. The van der Waals surface area contributed by atoms with E-state index in [1.54, 1.807) is 7.11 Å². The minimum absolute atomic E-state index is 0.0246. The zero-order valence-electron chi connectivity index (χ0n) is 15.7. The average molecular weight is 347 g/mol. The molecule has 25 heavy (non-hydrogen) atoms. The smallest absolute Gasteiger partial charge is 0.223 e. The molecule has 0 atom stereocenters. The van der Waals surface area contributed by atoms with Crippen LogP contribution in [0.5, 0.6) is 0 Å². The fourth-order valence-electron chi connectivity index (χ4n) is 3.83. The lowest BCUT2D eigenvalue weighted by atomic mass is 9.71. The van der Waals surface area contributed by atoms with Gasteiger partial charge in [-0.3, -0.25) is 4.79 Å². The Morgan fingerprint density at radius 3 is 2.52 bits per heavy atom. The van der Waals surface area contributed by atoms with Gasteiger partial charge in [-0.05, 0) is 43.2 Å². The molecular weight excluding hydrogens is 312 g/mol. The molecule has 1 aliphatic rings. The van der Waals surface area contributed by atoms with Gasteiger partial charge in [-0.25, -0.2) is 0 Å². The number of hydrogen-bond acceptors (Lipinski definition) is 3. The summed E-state index contributed by atoms with van der Waals surface area (Å²) in [6.07, 6.45) is 8.44. The Morgan fingerprint density at radius 2 is 1.88 bits per heavy atom. The first kappa shape index (κ1) is 19.9. The lowest BCUT2D eigenvalue weighted by molar-refractivity contribution is -0.135. The molecule has 0 saturated heterocycles. The molecule has 0 heterocycles. The first-order valence-electron chi connectivity index (χ1n) is 9.70. The van der Waals surface area contributed by atoms with Crippen molar-refractivity contribution in [2.24, 2.45) is 11.1 Å². The molecule has 4 heteroatoms. The van der Waals surface area contributed by atoms with Crippen molar-refractivity contribution in [2.45, 2.75) is 57.9 Å². The highest BCUT2D eigenvalue weighted by Gasteiger charge is 2.34. The number of benzene rings is 1. The summed E-state index contributed by atoms with van der Waals surface area (Å²) in [5.41, 5.74) is 7.30. The predicted molar refractivity (Wildman–Crippen MR) is 102 cm³/mol. The molecule has 0 aliphatic heterocycles. The van der Waals surface area contributed by atoms with E-state index in [1.807, 2.05) is 23.1 Å². The van der Waals surface area contributed by atoms with Crippen LogP contribution < -0.4 is 5.73 Å². The van der Waals surface area contributed by atoms with Crippen LogP contribution in [0.25, 0.3) is 0 Å². The van der Waals surface area contributed by atoms with Crippen LogP contribution in [0.15, 0.2) is 30.3 Å². The fraction of sp³-hybridized carbons (Fsp3) is 0.667. The molecule has 1 fully saturated rings. The maximum absolute atomic E-state index is 13.1. The minimum atomic E-state index is 0.0246. The van der Waals surface area contributed by atoms with E-state index in [4.69, 9.17) is 10.5 Å². The van der Waals surface area contributed by atoms with E-state index in [0.717, 1.165) is 38.8 Å². The van der Waals surface area contributed by atoms with Gasteiger partial charge in [0.1, 0.15) is 0 Å². The number of rotatable bonds is 10. The molecule has 2 rings (SSSR count). The van der Waals surface area contributed by atoms with Crippen molar-refractivity contribution < 1.29 is 9.53 Å². The molecule has 1 aromatic rings. The summed E-state index contributed by atoms with van der Waals surface area (Å²) in [6, 6.07) is 10.3. The van der Waals surface area contributed by atoms with Crippen LogP contribution in [-0.4, -0.2) is 37.6 Å². The van der Waals surface area contributed by atoms with E-state index >= 15 is 0 Å². The van der Waals surface area contributed by atoms with Crippen molar-refractivity contribution in [2.75, 3.05) is 26.8 Å². The van der Waals surface area contributed by atoms with Crippen molar-refractivity contribution in [3.05, 3.63) is 35.9 Å². The number of carbonyl (C=O) groups excluding carboxylic acids is 1. The lowest BCUT2D eigenvalue weighted by Crippen LogP contribution is -2.40. The summed E-state index contributed by atoms with van der Waals surface area (Å²) in [5, 5.41) is 0. The molecule has 0 bridgehead atoms. The maximum atomic E-state index is 13.1. The highest BCUT2D eigenvalue weighted by atomic mass is 16.5. The molecule has 140 valence electrons. The van der Waals surface area contributed by atoms with Crippen LogP contribution in [0.2, 0.25) is 0 Å². The minimum Gasteiger partial charge on any atom is -0.385 e. The Labute approximate surface area is 152 Å². The summed E-state index contributed by atoms with van der Waals surface area (Å²) in [6.45, 7) is 2.85. The van der Waals surface area contributed by atoms with Gasteiger partial charge in [0.15, 0.2) is 0 Å². The normalized spacial score (nSPS) is 16.6. The van der Waals surface area contributed by atoms with E-state index in [2.05, 4.69) is 12.1 Å². The van der Waals surface area contributed by atoms with Crippen molar-refractivity contribution >= 4 is 5.91 Å². The number of amides is 1. The Balaban J connectivity index is 2.00. The highest BCUT2D eigenvalue weighted by Crippen LogP contribution is 2.38. The predicted octanol–water partition coefficient (Wildman–Crippen LogP) is 3.74. The van der Waals surface area contributed by atoms with E-state index in [0.29, 0.717) is 19.5 Å². The molecule has 0 unspecified atom stereocenters. The van der Waals surface area contributed by atoms with Crippen molar-refractivity contribution in [3.63, 3.8) is 0 Å². The van der Waals surface area contributed by atoms with Crippen LogP contribution >= 0.6 is 0 Å². The van der Waals surface area contributed by atoms with Crippen LogP contribution in [0.4, 0.5) is 0 Å². The summed E-state index contributed by atoms with van der Waals surface area (Å²) in [5.74, 6) is 0.258. The number of nitrogens with two attached hydrogens (primary N) is 1. The molecular formula is C21H34N2O2. The Hall–Kier alpha value is -1.39. The average Bonchev–Trinajstić information content (AvgIpc) is 2.65. The number of carbonyl (C=O) groups is 1. The fourth-order valence-corrected chi connectivity index (χ4v) is 3.83. The van der Waals surface area contributed by atoms with Gasteiger partial charge in [-0.1, -0.05) is 49.6 Å². The molecule has 1 amide bonds. The van der Waals surface area contributed by atoms with E-state index in [1.165, 1.54) is 24.8 Å². The Morgan fingerprint density at radius 1 is 1.16 bits per heavy atom. The van der Waals surface area contributed by atoms with E-state index in [9.17, 15) is 4.79 Å². The standard InChI is InChI=1S/C21H34N2O2/c1-25-15-9-8-14-23(17-19-10-4-2-5-11-19)20(24)16-21(18-22)12-6-3-7-13-21/h2,4-5,10-11H,3,6-9,12-18,22H2,1H3. The van der Waals surface area contributed by atoms with Gasteiger partial charge in [0.25, 0.3) is 0 Å². The van der Waals surface area contributed by atoms with Crippen LogP contribution in [0, 0.1) is 5.41 Å². The van der Waals surface area contributed by atoms with Crippen LogP contribution in [0.3, 0.4) is 0 Å². The molecule has 2 N–H and O–H groups in total. The van der Waals surface area contributed by atoms with Crippen LogP contribution in [-0.2, 0) is 16.1 Å². The van der Waals surface area contributed by atoms with Gasteiger partial charge < -0.3 is 15.4 Å². The number of nitrogens with zero attached hydrogens (tertiary/aromatic N) is 1. The molecule has 1 aromatic carbocycles. The number of unbranched alkanes of at least 4 members (excludes halogenated alkanes) is 1. The second-order valence-corrected chi connectivity index (χ2v) is 7.44. The van der Waals surface area contributed by atoms with Crippen molar-refractivity contribution in [1.29, 1.82) is 0 Å².